The largest absolute Gasteiger partial charge is 0.870 e. The van der Waals surface area contributed by atoms with Crippen LogP contribution < -0.4 is 5.46 Å². The van der Waals surface area contributed by atoms with E-state index in [1.165, 1.54) is 4.90 Å². The van der Waals surface area contributed by atoms with E-state index in [4.69, 9.17) is 7.85 Å². The number of likely N-dealkylation sites (tertiary alicyclic amines) is 1. The summed E-state index contributed by atoms with van der Waals surface area (Å²) in [6.45, 7) is 0.716. The Balaban J connectivity index is 0.00000128. The third-order valence-corrected chi connectivity index (χ3v) is 2.58. The first-order valence-corrected chi connectivity index (χ1v) is 4.95. The Hall–Kier alpha value is -1.40. The van der Waals surface area contributed by atoms with E-state index in [1.807, 2.05) is 0 Å². The Morgan fingerprint density at radius 2 is 1.88 bits per heavy atom. The molecule has 90 valence electrons. The molecule has 17 heavy (non-hydrogen) atoms. The van der Waals surface area contributed by atoms with Gasteiger partial charge >= 0.3 is 88.8 Å². The Morgan fingerprint density at radius 3 is 2.35 bits per heavy atom. The molecular formula is C11H13BFNO3. The number of hydrogen-bond acceptors (Lipinski definition) is 3. The van der Waals surface area contributed by atoms with E-state index in [-0.39, 0.29) is 23.4 Å². The first kappa shape index (κ1) is 15.6. The minimum atomic E-state index is -0.872. The van der Waals surface area contributed by atoms with E-state index in [1.54, 1.807) is 24.3 Å². The van der Waals surface area contributed by atoms with Gasteiger partial charge in [0.1, 0.15) is 0 Å². The van der Waals surface area contributed by atoms with Crippen molar-refractivity contribution in [2.24, 2.45) is 0 Å². The van der Waals surface area contributed by atoms with Crippen LogP contribution in [0.1, 0.15) is 16.8 Å². The normalized spacial score (nSPS) is 18.3. The molecule has 0 saturated carbocycles. The zero-order valence-electron chi connectivity index (χ0n) is 9.21. The Bertz CT molecular complexity index is 371. The van der Waals surface area contributed by atoms with Crippen LogP contribution in [0.2, 0.25) is 0 Å². The first-order chi connectivity index (χ1) is 7.16. The van der Waals surface area contributed by atoms with Crippen LogP contribution in [-0.2, 0) is 0 Å². The average molecular weight is 237 g/mol. The molecule has 1 saturated heterocycles. The van der Waals surface area contributed by atoms with Crippen LogP contribution >= 0.6 is 0 Å². The molecule has 1 aliphatic rings. The Morgan fingerprint density at radius 1 is 1.29 bits per heavy atom. The minimum absolute atomic E-state index is 0. The van der Waals surface area contributed by atoms with Crippen molar-refractivity contribution in [2.75, 3.05) is 13.1 Å². The second kappa shape index (κ2) is 6.37. The zero-order chi connectivity index (χ0) is 10.8. The fourth-order valence-corrected chi connectivity index (χ4v) is 1.71. The van der Waals surface area contributed by atoms with Gasteiger partial charge in [-0.25, -0.2) is 0 Å². The van der Waals surface area contributed by atoms with Gasteiger partial charge in [-0.05, 0) is 0 Å². The first-order valence-electron chi connectivity index (χ1n) is 4.95. The average Bonchev–Trinajstić information content (AvgIpc) is 2.65. The molecule has 4 nitrogen and oxygen atoms in total. The van der Waals surface area contributed by atoms with Crippen molar-refractivity contribution in [1.29, 1.82) is 0 Å². The molecule has 0 aliphatic carbocycles. The van der Waals surface area contributed by atoms with Gasteiger partial charge in [0.2, 0.25) is 0 Å². The van der Waals surface area contributed by atoms with Gasteiger partial charge in [0, 0.05) is 0 Å². The topological polar surface area (TPSA) is 80.3 Å². The standard InChI is InChI=1S/C11H11BFNO.2H2O/c12-9-3-1-8(2-4-9)11(15)14-6-5-10(13)7-14;;/h1-4,10H,5-7H2;2*1H2/q+2;;/p-2/t10-;;/m1../s1. The van der Waals surface area contributed by atoms with Gasteiger partial charge < -0.3 is 11.0 Å². The van der Waals surface area contributed by atoms with Gasteiger partial charge in [0.25, 0.3) is 0 Å². The molecule has 1 aromatic carbocycles. The van der Waals surface area contributed by atoms with Crippen molar-refractivity contribution in [2.45, 2.75) is 12.6 Å². The summed E-state index contributed by atoms with van der Waals surface area (Å²) in [5.41, 5.74) is 1.19. The maximum absolute atomic E-state index is 12.9. The van der Waals surface area contributed by atoms with Gasteiger partial charge in [0.05, 0.1) is 0 Å². The number of alkyl halides is 1. The summed E-state index contributed by atoms with van der Waals surface area (Å²) in [6, 6.07) is 6.69. The van der Waals surface area contributed by atoms with Crippen molar-refractivity contribution in [3.8, 4) is 0 Å². The van der Waals surface area contributed by atoms with E-state index >= 15 is 0 Å². The molecule has 1 amide bonds. The monoisotopic (exact) mass is 237 g/mol. The number of rotatable bonds is 1. The molecule has 1 aromatic rings. The summed E-state index contributed by atoms with van der Waals surface area (Å²) >= 11 is 0. The van der Waals surface area contributed by atoms with E-state index in [2.05, 4.69) is 0 Å². The Labute approximate surface area is 100 Å². The summed E-state index contributed by atoms with van der Waals surface area (Å²) in [7, 11) is 5.52. The predicted octanol–water partition coefficient (Wildman–Crippen LogP) is 0.311. The van der Waals surface area contributed by atoms with Crippen LogP contribution in [0, 0.1) is 0 Å². The molecule has 0 aromatic heterocycles. The molecule has 1 aliphatic heterocycles. The van der Waals surface area contributed by atoms with E-state index in [0.29, 0.717) is 24.0 Å². The van der Waals surface area contributed by atoms with Crippen molar-refractivity contribution >= 4 is 19.2 Å². The smallest absolute Gasteiger partial charge is 0.870 e. The van der Waals surface area contributed by atoms with E-state index < -0.39 is 6.17 Å². The van der Waals surface area contributed by atoms with Gasteiger partial charge in [-0.15, -0.1) is 0 Å². The molecule has 2 N–H and O–H groups in total. The third-order valence-electron chi connectivity index (χ3n) is 2.58. The molecule has 0 spiro atoms. The van der Waals surface area contributed by atoms with Crippen LogP contribution in [0.25, 0.3) is 0 Å². The van der Waals surface area contributed by atoms with Gasteiger partial charge in [0.15, 0.2) is 0 Å². The molecule has 0 radical (unpaired) electrons. The van der Waals surface area contributed by atoms with Crippen molar-refractivity contribution in [3.63, 3.8) is 0 Å². The van der Waals surface area contributed by atoms with Crippen molar-refractivity contribution in [1.82, 2.24) is 4.90 Å². The number of nitrogens with zero attached hydrogens (tertiary/aromatic N) is 1. The number of hydrogen-bond donors (Lipinski definition) is 0. The third kappa shape index (κ3) is 3.54. The Kier molecular flexibility index (Phi) is 5.84. The van der Waals surface area contributed by atoms with Crippen molar-refractivity contribution < 1.29 is 20.1 Å². The molecule has 1 heterocycles. The summed E-state index contributed by atoms with van der Waals surface area (Å²) in [4.78, 5) is 13.4. The summed E-state index contributed by atoms with van der Waals surface area (Å²) in [5.74, 6) is -0.116. The van der Waals surface area contributed by atoms with Crippen LogP contribution in [0.3, 0.4) is 0 Å². The fourth-order valence-electron chi connectivity index (χ4n) is 1.71. The zero-order valence-corrected chi connectivity index (χ0v) is 9.21. The number of halogens is 1. The molecule has 1 atom stereocenters. The van der Waals surface area contributed by atoms with Crippen LogP contribution in [0.5, 0.6) is 0 Å². The van der Waals surface area contributed by atoms with E-state index in [0.717, 1.165) is 0 Å². The van der Waals surface area contributed by atoms with Crippen molar-refractivity contribution in [3.05, 3.63) is 29.8 Å². The van der Waals surface area contributed by atoms with Gasteiger partial charge in [-0.3, -0.25) is 0 Å². The molecule has 1 fully saturated rings. The number of benzene rings is 1. The van der Waals surface area contributed by atoms with Gasteiger partial charge in [-0.2, -0.15) is 0 Å². The number of carbonyl (C=O) groups excluding carboxylic acids is 1. The fraction of sp³-hybridized carbons (Fsp3) is 0.364. The van der Waals surface area contributed by atoms with Crippen LogP contribution in [-0.4, -0.2) is 48.9 Å². The van der Waals surface area contributed by atoms with Crippen LogP contribution in [0.15, 0.2) is 24.3 Å². The predicted molar refractivity (Wildman–Crippen MR) is 61.1 cm³/mol. The molecule has 0 bridgehead atoms. The number of amides is 1. The summed E-state index contributed by atoms with van der Waals surface area (Å²) in [6.07, 6.45) is -0.427. The molecular weight excluding hydrogens is 224 g/mol. The minimum Gasteiger partial charge on any atom is -0.870 e. The molecule has 2 rings (SSSR count). The summed E-state index contributed by atoms with van der Waals surface area (Å²) < 4.78 is 12.9. The quantitative estimate of drug-likeness (QED) is 0.659. The number of carbonyl (C=O) groups is 1. The SMILES string of the molecule is [B+2]c1ccc(C(=O)N2CC[C@@H](F)C2)cc1.[OH-].[OH-]. The second-order valence-electron chi connectivity index (χ2n) is 3.76. The van der Waals surface area contributed by atoms with E-state index in [9.17, 15) is 9.18 Å². The maximum atomic E-state index is 12.9. The van der Waals surface area contributed by atoms with Gasteiger partial charge in [-0.1, -0.05) is 0 Å². The maximum Gasteiger partial charge on any atom is -0.870 e. The summed E-state index contributed by atoms with van der Waals surface area (Å²) in [5, 5.41) is 0. The van der Waals surface area contributed by atoms with Crippen LogP contribution in [0.4, 0.5) is 4.39 Å². The molecule has 0 unspecified atom stereocenters. The molecule has 6 heteroatoms. The second-order valence-corrected chi connectivity index (χ2v) is 3.76.